The number of H-pyrrole nitrogens is 1. The van der Waals surface area contributed by atoms with Crippen molar-refractivity contribution >= 4 is 11.5 Å². The minimum Gasteiger partial charge on any atom is -0.397 e. The SMILES string of the molecule is Cc1nc(NC(C)c2ncn[nH]2)ccc1N. The Balaban J connectivity index is 2.12. The van der Waals surface area contributed by atoms with Crippen LogP contribution in [0, 0.1) is 6.92 Å². The monoisotopic (exact) mass is 218 g/mol. The predicted molar refractivity (Wildman–Crippen MR) is 61.8 cm³/mol. The summed E-state index contributed by atoms with van der Waals surface area (Å²) in [6.45, 7) is 3.85. The van der Waals surface area contributed by atoms with E-state index in [9.17, 15) is 0 Å². The molecule has 0 radical (unpaired) electrons. The van der Waals surface area contributed by atoms with Gasteiger partial charge >= 0.3 is 0 Å². The fourth-order valence-corrected chi connectivity index (χ4v) is 1.37. The molecule has 0 spiro atoms. The van der Waals surface area contributed by atoms with Crippen LogP contribution in [0.4, 0.5) is 11.5 Å². The van der Waals surface area contributed by atoms with E-state index in [4.69, 9.17) is 5.73 Å². The number of aryl methyl sites for hydroxylation is 1. The molecular formula is C10H14N6. The Labute approximate surface area is 93.3 Å². The summed E-state index contributed by atoms with van der Waals surface area (Å²) in [5.41, 5.74) is 7.20. The average Bonchev–Trinajstić information content (AvgIpc) is 2.77. The molecule has 0 bridgehead atoms. The Morgan fingerprint density at radius 3 is 2.88 bits per heavy atom. The Bertz CT molecular complexity index is 464. The summed E-state index contributed by atoms with van der Waals surface area (Å²) in [6, 6.07) is 3.70. The van der Waals surface area contributed by atoms with Crippen molar-refractivity contribution in [3.63, 3.8) is 0 Å². The fourth-order valence-electron chi connectivity index (χ4n) is 1.37. The molecular weight excluding hydrogens is 204 g/mol. The van der Waals surface area contributed by atoms with E-state index in [2.05, 4.69) is 25.5 Å². The standard InChI is InChI=1S/C10H14N6/c1-6-8(11)3-4-9(14-6)15-7(2)10-12-5-13-16-10/h3-5,7H,11H2,1-2H3,(H,14,15)(H,12,13,16). The number of nitrogens with two attached hydrogens (primary N) is 1. The van der Waals surface area contributed by atoms with Crippen LogP contribution in [0.1, 0.15) is 24.5 Å². The molecule has 2 aromatic rings. The van der Waals surface area contributed by atoms with Crippen LogP contribution in [-0.2, 0) is 0 Å². The fraction of sp³-hybridized carbons (Fsp3) is 0.300. The first-order chi connectivity index (χ1) is 7.66. The molecule has 0 saturated carbocycles. The molecule has 0 saturated heterocycles. The van der Waals surface area contributed by atoms with E-state index in [1.165, 1.54) is 6.33 Å². The number of rotatable bonds is 3. The highest BCUT2D eigenvalue weighted by atomic mass is 15.2. The number of hydrogen-bond acceptors (Lipinski definition) is 5. The van der Waals surface area contributed by atoms with E-state index in [1.54, 1.807) is 0 Å². The molecule has 1 atom stereocenters. The van der Waals surface area contributed by atoms with Gasteiger partial charge in [-0.05, 0) is 26.0 Å². The second-order valence-corrected chi connectivity index (χ2v) is 3.61. The number of nitrogens with one attached hydrogen (secondary N) is 2. The highest BCUT2D eigenvalue weighted by Gasteiger charge is 2.08. The molecule has 2 aromatic heterocycles. The van der Waals surface area contributed by atoms with Gasteiger partial charge in [0.25, 0.3) is 0 Å². The maximum absolute atomic E-state index is 5.70. The molecule has 6 nitrogen and oxygen atoms in total. The summed E-state index contributed by atoms with van der Waals surface area (Å²) in [5, 5.41) is 9.82. The van der Waals surface area contributed by atoms with E-state index in [0.29, 0.717) is 5.69 Å². The van der Waals surface area contributed by atoms with Crippen molar-refractivity contribution in [2.24, 2.45) is 0 Å². The first kappa shape index (κ1) is 10.4. The van der Waals surface area contributed by atoms with Gasteiger partial charge < -0.3 is 11.1 Å². The minimum atomic E-state index is 0.0259. The molecule has 0 aliphatic carbocycles. The van der Waals surface area contributed by atoms with Gasteiger partial charge in [-0.15, -0.1) is 0 Å². The normalized spacial score (nSPS) is 12.4. The van der Waals surface area contributed by atoms with Crippen molar-refractivity contribution in [2.45, 2.75) is 19.9 Å². The second kappa shape index (κ2) is 4.18. The van der Waals surface area contributed by atoms with Crippen molar-refractivity contribution in [1.82, 2.24) is 20.2 Å². The van der Waals surface area contributed by atoms with Gasteiger partial charge in [0.15, 0.2) is 0 Å². The van der Waals surface area contributed by atoms with Gasteiger partial charge in [0.1, 0.15) is 18.0 Å². The van der Waals surface area contributed by atoms with E-state index in [1.807, 2.05) is 26.0 Å². The first-order valence-electron chi connectivity index (χ1n) is 5.01. The molecule has 6 heteroatoms. The zero-order chi connectivity index (χ0) is 11.5. The van der Waals surface area contributed by atoms with Crippen LogP contribution < -0.4 is 11.1 Å². The largest absolute Gasteiger partial charge is 0.397 e. The molecule has 0 aromatic carbocycles. The maximum Gasteiger partial charge on any atom is 0.146 e. The lowest BCUT2D eigenvalue weighted by molar-refractivity contribution is 0.789. The third-order valence-electron chi connectivity index (χ3n) is 2.33. The van der Waals surface area contributed by atoms with Crippen LogP contribution >= 0.6 is 0 Å². The van der Waals surface area contributed by atoms with Crippen molar-refractivity contribution in [2.75, 3.05) is 11.1 Å². The number of anilines is 2. The summed E-state index contributed by atoms with van der Waals surface area (Å²) in [4.78, 5) is 8.40. The summed E-state index contributed by atoms with van der Waals surface area (Å²) in [7, 11) is 0. The summed E-state index contributed by atoms with van der Waals surface area (Å²) in [6.07, 6.45) is 1.48. The van der Waals surface area contributed by atoms with Crippen molar-refractivity contribution < 1.29 is 0 Å². The van der Waals surface area contributed by atoms with Crippen LogP contribution in [0.15, 0.2) is 18.5 Å². The zero-order valence-corrected chi connectivity index (χ0v) is 9.23. The molecule has 4 N–H and O–H groups in total. The number of pyridine rings is 1. The van der Waals surface area contributed by atoms with E-state index < -0.39 is 0 Å². The molecule has 2 heterocycles. The van der Waals surface area contributed by atoms with Crippen LogP contribution in [0.3, 0.4) is 0 Å². The Kier molecular flexibility index (Phi) is 2.72. The quantitative estimate of drug-likeness (QED) is 0.721. The average molecular weight is 218 g/mol. The molecule has 1 unspecified atom stereocenters. The number of aromatic amines is 1. The van der Waals surface area contributed by atoms with E-state index in [0.717, 1.165) is 17.3 Å². The third kappa shape index (κ3) is 2.10. The van der Waals surface area contributed by atoms with Gasteiger partial charge in [-0.3, -0.25) is 5.10 Å². The smallest absolute Gasteiger partial charge is 0.146 e. The van der Waals surface area contributed by atoms with Gasteiger partial charge in [-0.1, -0.05) is 0 Å². The maximum atomic E-state index is 5.70. The molecule has 16 heavy (non-hydrogen) atoms. The van der Waals surface area contributed by atoms with Gasteiger partial charge in [-0.2, -0.15) is 5.10 Å². The Morgan fingerprint density at radius 2 is 2.25 bits per heavy atom. The van der Waals surface area contributed by atoms with Crippen LogP contribution in [-0.4, -0.2) is 20.2 Å². The highest BCUT2D eigenvalue weighted by molar-refractivity contribution is 5.49. The third-order valence-corrected chi connectivity index (χ3v) is 2.33. The molecule has 0 fully saturated rings. The Hall–Kier alpha value is -2.11. The van der Waals surface area contributed by atoms with Crippen LogP contribution in [0.5, 0.6) is 0 Å². The number of hydrogen-bond donors (Lipinski definition) is 3. The number of nitrogen functional groups attached to an aromatic ring is 1. The van der Waals surface area contributed by atoms with Gasteiger partial charge in [0.2, 0.25) is 0 Å². The van der Waals surface area contributed by atoms with Crippen LogP contribution in [0.25, 0.3) is 0 Å². The lowest BCUT2D eigenvalue weighted by atomic mass is 10.3. The van der Waals surface area contributed by atoms with Gasteiger partial charge in [0, 0.05) is 0 Å². The minimum absolute atomic E-state index is 0.0259. The Morgan fingerprint density at radius 1 is 1.44 bits per heavy atom. The molecule has 84 valence electrons. The van der Waals surface area contributed by atoms with Crippen molar-refractivity contribution in [3.8, 4) is 0 Å². The lowest BCUT2D eigenvalue weighted by Gasteiger charge is -2.12. The highest BCUT2D eigenvalue weighted by Crippen LogP contribution is 2.16. The summed E-state index contributed by atoms with van der Waals surface area (Å²) >= 11 is 0. The van der Waals surface area contributed by atoms with E-state index >= 15 is 0 Å². The summed E-state index contributed by atoms with van der Waals surface area (Å²) < 4.78 is 0. The van der Waals surface area contributed by atoms with Crippen molar-refractivity contribution in [3.05, 3.63) is 30.0 Å². The molecule has 2 rings (SSSR count). The topological polar surface area (TPSA) is 92.5 Å². The molecule has 0 amide bonds. The summed E-state index contributed by atoms with van der Waals surface area (Å²) in [5.74, 6) is 1.55. The molecule has 0 aliphatic rings. The van der Waals surface area contributed by atoms with Crippen molar-refractivity contribution in [1.29, 1.82) is 0 Å². The van der Waals surface area contributed by atoms with Gasteiger partial charge in [0.05, 0.1) is 17.4 Å². The second-order valence-electron chi connectivity index (χ2n) is 3.61. The van der Waals surface area contributed by atoms with E-state index in [-0.39, 0.29) is 6.04 Å². The number of nitrogens with zero attached hydrogens (tertiary/aromatic N) is 3. The van der Waals surface area contributed by atoms with Gasteiger partial charge in [-0.25, -0.2) is 9.97 Å². The predicted octanol–water partition coefficient (Wildman–Crippen LogP) is 1.26. The van der Waals surface area contributed by atoms with Crippen LogP contribution in [0.2, 0.25) is 0 Å². The first-order valence-corrected chi connectivity index (χ1v) is 5.01. The zero-order valence-electron chi connectivity index (χ0n) is 9.23. The molecule has 0 aliphatic heterocycles. The lowest BCUT2D eigenvalue weighted by Crippen LogP contribution is -2.10. The number of aromatic nitrogens is 4.